The van der Waals surface area contributed by atoms with Gasteiger partial charge in [-0.1, -0.05) is 52.5 Å². The molecule has 2 aromatic carbocycles. The summed E-state index contributed by atoms with van der Waals surface area (Å²) in [5, 5.41) is 1.39. The van der Waals surface area contributed by atoms with Crippen LogP contribution in [0.25, 0.3) is 22.2 Å². The van der Waals surface area contributed by atoms with E-state index in [4.69, 9.17) is 58.0 Å². The number of carbonyl (C=O) groups is 1. The van der Waals surface area contributed by atoms with Crippen LogP contribution in [0.15, 0.2) is 36.4 Å². The molecule has 0 unspecified atom stereocenters. The molecule has 0 aliphatic carbocycles. The van der Waals surface area contributed by atoms with Crippen LogP contribution in [0, 0.1) is 0 Å². The molecule has 0 N–H and O–H groups in total. The van der Waals surface area contributed by atoms with Gasteiger partial charge in [0.15, 0.2) is 0 Å². The van der Waals surface area contributed by atoms with Gasteiger partial charge in [-0.2, -0.15) is 0 Å². The minimum absolute atomic E-state index is 0.266. The topological polar surface area (TPSA) is 30.0 Å². The first-order chi connectivity index (χ1) is 10.9. The molecule has 0 saturated carbocycles. The van der Waals surface area contributed by atoms with E-state index in [2.05, 4.69) is 4.98 Å². The summed E-state index contributed by atoms with van der Waals surface area (Å²) in [5.41, 5.74) is 1.89. The third-order valence-electron chi connectivity index (χ3n) is 3.26. The molecule has 0 fully saturated rings. The number of fused-ring (bicyclic) bond motifs is 1. The number of pyridine rings is 1. The average Bonchev–Trinajstić information content (AvgIpc) is 2.49. The molecule has 0 bridgehead atoms. The van der Waals surface area contributed by atoms with E-state index in [0.29, 0.717) is 42.3 Å². The normalized spacial score (nSPS) is 11.0. The van der Waals surface area contributed by atoms with Gasteiger partial charge in [-0.05, 0) is 41.9 Å². The molecular formula is C16H6Cl5NO. The standard InChI is InChI=1S/C16H6Cl5NO/c17-8-4-9-10(16(21)23)6-14(22-15(9)13(20)5-8)7-1-2-11(18)12(19)3-7/h1-6H/i14+2. The van der Waals surface area contributed by atoms with E-state index >= 15 is 0 Å². The Kier molecular flexibility index (Phi) is 4.73. The zero-order valence-corrected chi connectivity index (χ0v) is 15.0. The van der Waals surface area contributed by atoms with Crippen molar-refractivity contribution in [1.29, 1.82) is 0 Å². The highest BCUT2D eigenvalue weighted by molar-refractivity contribution is 6.68. The van der Waals surface area contributed by atoms with Crippen LogP contribution < -0.4 is 0 Å². The number of rotatable bonds is 2. The highest BCUT2D eigenvalue weighted by Gasteiger charge is 2.15. The fourth-order valence-corrected chi connectivity index (χ4v) is 3.21. The summed E-state index contributed by atoms with van der Waals surface area (Å²) in [6.45, 7) is 0. The van der Waals surface area contributed by atoms with Gasteiger partial charge in [-0.3, -0.25) is 4.79 Å². The summed E-state index contributed by atoms with van der Waals surface area (Å²) in [7, 11) is 0. The van der Waals surface area contributed by atoms with Crippen LogP contribution in [-0.4, -0.2) is 10.2 Å². The van der Waals surface area contributed by atoms with Crippen LogP contribution in [0.1, 0.15) is 10.4 Å². The number of carbonyl (C=O) groups excluding carboxylic acids is 1. The lowest BCUT2D eigenvalue weighted by Crippen LogP contribution is -1.96. The largest absolute Gasteiger partial charge is 0.276 e. The maximum Gasteiger partial charge on any atom is 0.253 e. The van der Waals surface area contributed by atoms with Crippen LogP contribution >= 0.6 is 58.0 Å². The number of nitrogens with zero attached hydrogens (tertiary/aromatic N) is 1. The Labute approximate surface area is 156 Å². The van der Waals surface area contributed by atoms with Gasteiger partial charge in [0.25, 0.3) is 5.24 Å². The van der Waals surface area contributed by atoms with Crippen molar-refractivity contribution >= 4 is 74.2 Å². The average molecular weight is 407 g/mol. The molecule has 0 radical (unpaired) electrons. The van der Waals surface area contributed by atoms with Gasteiger partial charge in [0.2, 0.25) is 0 Å². The van der Waals surface area contributed by atoms with Crippen molar-refractivity contribution in [3.63, 3.8) is 0 Å². The van der Waals surface area contributed by atoms with Crippen LogP contribution in [0.2, 0.25) is 20.1 Å². The molecule has 0 saturated heterocycles. The molecule has 7 heteroatoms. The van der Waals surface area contributed by atoms with E-state index in [0.717, 1.165) is 0 Å². The molecule has 23 heavy (non-hydrogen) atoms. The third-order valence-corrected chi connectivity index (χ3v) is 4.71. The van der Waals surface area contributed by atoms with Crippen LogP contribution in [0.3, 0.4) is 0 Å². The van der Waals surface area contributed by atoms with Gasteiger partial charge in [-0.15, -0.1) is 0 Å². The molecule has 3 rings (SSSR count). The first-order valence-electron chi connectivity index (χ1n) is 6.32. The molecule has 3 aromatic rings. The van der Waals surface area contributed by atoms with Gasteiger partial charge in [-0.25, -0.2) is 4.98 Å². The zero-order chi connectivity index (χ0) is 16.7. The summed E-state index contributed by atoms with van der Waals surface area (Å²) in [4.78, 5) is 16.3. The Bertz CT molecular complexity index is 955. The Balaban J connectivity index is 2.34. The lowest BCUT2D eigenvalue weighted by atomic mass is 10.1. The highest BCUT2D eigenvalue weighted by atomic mass is 35.5. The zero-order valence-electron chi connectivity index (χ0n) is 11.2. The lowest BCUT2D eigenvalue weighted by molar-refractivity contribution is 0.108. The number of hydrogen-bond donors (Lipinski definition) is 0. The predicted octanol–water partition coefficient (Wildman–Crippen LogP) is 6.89. The molecule has 1 aromatic heterocycles. The number of aromatic nitrogens is 1. The van der Waals surface area contributed by atoms with Crippen LogP contribution in [0.4, 0.5) is 0 Å². The van der Waals surface area contributed by atoms with Gasteiger partial charge >= 0.3 is 0 Å². The number of halogens is 5. The Hall–Kier alpha value is -1.03. The molecule has 116 valence electrons. The van der Waals surface area contributed by atoms with E-state index in [-0.39, 0.29) is 5.56 Å². The minimum Gasteiger partial charge on any atom is -0.276 e. The molecule has 1 heterocycles. The van der Waals surface area contributed by atoms with E-state index in [1.54, 1.807) is 36.4 Å². The van der Waals surface area contributed by atoms with Crippen molar-refractivity contribution in [2.45, 2.75) is 0 Å². The predicted molar refractivity (Wildman–Crippen MR) is 97.4 cm³/mol. The van der Waals surface area contributed by atoms with Crippen molar-refractivity contribution in [1.82, 2.24) is 4.98 Å². The summed E-state index contributed by atoms with van der Waals surface area (Å²) in [5.74, 6) is 0. The third kappa shape index (κ3) is 3.28. The summed E-state index contributed by atoms with van der Waals surface area (Å²) in [6, 6.07) is 9.78. The number of benzene rings is 2. The SMILES string of the molecule is O=C(Cl)c1c[14c](-c2ccc(Cl)c(Cl)c2)nc2c(Cl)cc(Cl)cc12. The van der Waals surface area contributed by atoms with Crippen LogP contribution in [-0.2, 0) is 0 Å². The van der Waals surface area contributed by atoms with Gasteiger partial charge < -0.3 is 0 Å². The minimum atomic E-state index is -0.628. The smallest absolute Gasteiger partial charge is 0.253 e. The fourth-order valence-electron chi connectivity index (χ4n) is 2.22. The maximum absolute atomic E-state index is 11.8. The molecular weight excluding hydrogens is 401 g/mol. The molecule has 2 nitrogen and oxygen atoms in total. The quantitative estimate of drug-likeness (QED) is 0.433. The fraction of sp³-hybridized carbons (Fsp3) is 0. The van der Waals surface area contributed by atoms with Crippen molar-refractivity contribution in [3.05, 3.63) is 62.1 Å². The second-order valence-electron chi connectivity index (χ2n) is 4.74. The summed E-state index contributed by atoms with van der Waals surface area (Å²) < 4.78 is 0. The van der Waals surface area contributed by atoms with E-state index in [1.807, 2.05) is 0 Å². The van der Waals surface area contributed by atoms with Crippen molar-refractivity contribution in [3.8, 4) is 11.3 Å². The van der Waals surface area contributed by atoms with Gasteiger partial charge in [0, 0.05) is 21.5 Å². The van der Waals surface area contributed by atoms with Crippen molar-refractivity contribution in [2.24, 2.45) is 0 Å². The molecule has 0 aliphatic rings. The first kappa shape index (κ1) is 16.8. The Morgan fingerprint density at radius 1 is 0.957 bits per heavy atom. The highest BCUT2D eigenvalue weighted by Crippen LogP contribution is 2.34. The molecule has 0 aliphatic heterocycles. The molecule has 0 atom stereocenters. The number of hydrogen-bond acceptors (Lipinski definition) is 2. The van der Waals surface area contributed by atoms with Crippen LogP contribution in [0.5, 0.6) is 0 Å². The van der Waals surface area contributed by atoms with Gasteiger partial charge in [0.1, 0.15) is 0 Å². The first-order valence-corrected chi connectivity index (χ1v) is 8.21. The van der Waals surface area contributed by atoms with E-state index in [1.165, 1.54) is 0 Å². The molecule has 0 spiro atoms. The van der Waals surface area contributed by atoms with Crippen molar-refractivity contribution < 1.29 is 4.79 Å². The monoisotopic (exact) mass is 405 g/mol. The van der Waals surface area contributed by atoms with E-state index in [9.17, 15) is 4.79 Å². The lowest BCUT2D eigenvalue weighted by Gasteiger charge is -2.09. The molecule has 0 amide bonds. The second-order valence-corrected chi connectivity index (χ2v) is 6.74. The van der Waals surface area contributed by atoms with Crippen molar-refractivity contribution in [2.75, 3.05) is 0 Å². The Morgan fingerprint density at radius 2 is 1.70 bits per heavy atom. The van der Waals surface area contributed by atoms with Gasteiger partial charge in [0.05, 0.1) is 26.3 Å². The Morgan fingerprint density at radius 3 is 2.35 bits per heavy atom. The summed E-state index contributed by atoms with van der Waals surface area (Å²) >= 11 is 29.9. The van der Waals surface area contributed by atoms with E-state index < -0.39 is 5.24 Å². The summed E-state index contributed by atoms with van der Waals surface area (Å²) in [6.07, 6.45) is 0. The second kappa shape index (κ2) is 6.46. The maximum atomic E-state index is 11.8.